The van der Waals surface area contributed by atoms with Gasteiger partial charge in [-0.3, -0.25) is 9.67 Å². The number of guanidine groups is 1. The van der Waals surface area contributed by atoms with E-state index in [2.05, 4.69) is 64.8 Å². The highest BCUT2D eigenvalue weighted by Crippen LogP contribution is 2.12. The number of hydrogen-bond donors (Lipinski definition) is 2. The number of rotatable bonds is 11. The molecular formula is C20H33IN6. The van der Waals surface area contributed by atoms with Crippen LogP contribution in [0.15, 0.2) is 53.8 Å². The molecule has 0 spiro atoms. The number of halogens is 1. The van der Waals surface area contributed by atoms with Gasteiger partial charge in [0.25, 0.3) is 0 Å². The van der Waals surface area contributed by atoms with Gasteiger partial charge in [0.2, 0.25) is 0 Å². The Hall–Kier alpha value is -1.77. The molecule has 0 radical (unpaired) electrons. The van der Waals surface area contributed by atoms with E-state index in [0.29, 0.717) is 0 Å². The normalized spacial score (nSPS) is 11.0. The first-order valence-electron chi connectivity index (χ1n) is 9.63. The van der Waals surface area contributed by atoms with Crippen LogP contribution in [0.3, 0.4) is 0 Å². The van der Waals surface area contributed by atoms with Gasteiger partial charge >= 0.3 is 0 Å². The minimum Gasteiger partial charge on any atom is -0.372 e. The highest BCUT2D eigenvalue weighted by Gasteiger charge is 2.03. The fourth-order valence-electron chi connectivity index (χ4n) is 2.78. The maximum Gasteiger partial charge on any atom is 0.191 e. The van der Waals surface area contributed by atoms with E-state index in [4.69, 9.17) is 4.99 Å². The molecule has 2 aromatic rings. The number of aliphatic imine (C=N–C) groups is 1. The Labute approximate surface area is 180 Å². The number of hydrogen-bond acceptors (Lipinski definition) is 3. The summed E-state index contributed by atoms with van der Waals surface area (Å²) in [6, 6.07) is 12.5. The lowest BCUT2D eigenvalue weighted by molar-refractivity contribution is 0.570. The van der Waals surface area contributed by atoms with Crippen molar-refractivity contribution in [2.24, 2.45) is 4.99 Å². The molecular weight excluding hydrogens is 451 g/mol. The van der Waals surface area contributed by atoms with Crippen LogP contribution in [-0.4, -0.2) is 48.5 Å². The molecule has 7 heteroatoms. The summed E-state index contributed by atoms with van der Waals surface area (Å²) < 4.78 is 1.95. The van der Waals surface area contributed by atoms with Crippen LogP contribution in [0.1, 0.15) is 26.7 Å². The number of para-hydroxylation sites is 1. The minimum atomic E-state index is 0. The topological polar surface area (TPSA) is 57.5 Å². The molecule has 150 valence electrons. The van der Waals surface area contributed by atoms with Crippen molar-refractivity contribution in [1.82, 2.24) is 20.4 Å². The summed E-state index contributed by atoms with van der Waals surface area (Å²) in [5.74, 6) is 0.899. The van der Waals surface area contributed by atoms with Crippen LogP contribution in [0.2, 0.25) is 0 Å². The Kier molecular flexibility index (Phi) is 12.3. The summed E-state index contributed by atoms with van der Waals surface area (Å²) in [5, 5.41) is 10.9. The zero-order valence-electron chi connectivity index (χ0n) is 16.5. The number of anilines is 1. The van der Waals surface area contributed by atoms with Gasteiger partial charge in [0, 0.05) is 57.3 Å². The first kappa shape index (κ1) is 23.3. The number of benzene rings is 1. The second-order valence-corrected chi connectivity index (χ2v) is 6.08. The molecule has 1 aromatic carbocycles. The number of nitrogens with one attached hydrogen (secondary N) is 2. The van der Waals surface area contributed by atoms with E-state index in [9.17, 15) is 0 Å². The summed E-state index contributed by atoms with van der Waals surface area (Å²) in [4.78, 5) is 7.08. The molecule has 0 atom stereocenters. The van der Waals surface area contributed by atoms with Crippen molar-refractivity contribution >= 4 is 35.6 Å². The van der Waals surface area contributed by atoms with Gasteiger partial charge in [0.15, 0.2) is 5.96 Å². The fourth-order valence-corrected chi connectivity index (χ4v) is 2.78. The highest BCUT2D eigenvalue weighted by molar-refractivity contribution is 14.0. The molecule has 27 heavy (non-hydrogen) atoms. The van der Waals surface area contributed by atoms with Crippen molar-refractivity contribution in [3.8, 4) is 0 Å². The van der Waals surface area contributed by atoms with Crippen LogP contribution in [0.4, 0.5) is 5.69 Å². The second kappa shape index (κ2) is 14.3. The number of aromatic nitrogens is 2. The standard InChI is InChI=1S/C20H32N6.HI/c1-3-21-20(23-14-9-17-26-18-10-15-24-26)22-13-8-16-25(4-2)19-11-6-5-7-12-19;/h5-7,10-12,15,18H,3-4,8-9,13-14,16-17H2,1-2H3,(H2,21,22,23);1H. The van der Waals surface area contributed by atoms with Crippen LogP contribution in [0.5, 0.6) is 0 Å². The molecule has 2 N–H and O–H groups in total. The van der Waals surface area contributed by atoms with Gasteiger partial charge in [-0.25, -0.2) is 0 Å². The quantitative estimate of drug-likeness (QED) is 0.222. The Morgan fingerprint density at radius 1 is 1.11 bits per heavy atom. The summed E-state index contributed by atoms with van der Waals surface area (Å²) >= 11 is 0. The van der Waals surface area contributed by atoms with Crippen molar-refractivity contribution in [1.29, 1.82) is 0 Å². The maximum atomic E-state index is 4.69. The zero-order valence-corrected chi connectivity index (χ0v) is 18.8. The molecule has 6 nitrogen and oxygen atoms in total. The molecule has 0 bridgehead atoms. The largest absolute Gasteiger partial charge is 0.372 e. The van der Waals surface area contributed by atoms with Gasteiger partial charge < -0.3 is 15.5 Å². The fraction of sp³-hybridized carbons (Fsp3) is 0.500. The van der Waals surface area contributed by atoms with Gasteiger partial charge in [-0.15, -0.1) is 24.0 Å². The van der Waals surface area contributed by atoms with E-state index in [0.717, 1.165) is 58.1 Å². The lowest BCUT2D eigenvalue weighted by atomic mass is 10.2. The Bertz CT molecular complexity index is 615. The van der Waals surface area contributed by atoms with Crippen molar-refractivity contribution in [3.63, 3.8) is 0 Å². The molecule has 1 aromatic heterocycles. The summed E-state index contributed by atoms with van der Waals surface area (Å²) in [6.07, 6.45) is 5.86. The first-order chi connectivity index (χ1) is 12.8. The van der Waals surface area contributed by atoms with E-state index in [1.807, 2.05) is 23.1 Å². The van der Waals surface area contributed by atoms with Crippen LogP contribution in [-0.2, 0) is 6.54 Å². The predicted octanol–water partition coefficient (Wildman–Crippen LogP) is 3.36. The average Bonchev–Trinajstić information content (AvgIpc) is 3.19. The van der Waals surface area contributed by atoms with Gasteiger partial charge in [-0.1, -0.05) is 18.2 Å². The third-order valence-electron chi connectivity index (χ3n) is 4.12. The molecule has 0 unspecified atom stereocenters. The number of nitrogens with zero attached hydrogens (tertiary/aromatic N) is 4. The lowest BCUT2D eigenvalue weighted by Gasteiger charge is -2.22. The minimum absolute atomic E-state index is 0. The third-order valence-corrected chi connectivity index (χ3v) is 4.12. The molecule has 0 fully saturated rings. The highest BCUT2D eigenvalue weighted by atomic mass is 127. The molecule has 1 heterocycles. The average molecular weight is 484 g/mol. The second-order valence-electron chi connectivity index (χ2n) is 6.08. The Morgan fingerprint density at radius 2 is 1.93 bits per heavy atom. The Balaban J connectivity index is 0.00000364. The summed E-state index contributed by atoms with van der Waals surface area (Å²) in [5.41, 5.74) is 1.28. The van der Waals surface area contributed by atoms with E-state index in [-0.39, 0.29) is 24.0 Å². The van der Waals surface area contributed by atoms with Crippen molar-refractivity contribution in [2.75, 3.05) is 37.6 Å². The molecule has 0 saturated carbocycles. The molecule has 2 rings (SSSR count). The smallest absolute Gasteiger partial charge is 0.191 e. The SMILES string of the molecule is CCNC(=NCCCN(CC)c1ccccc1)NCCCn1cccn1.I. The van der Waals surface area contributed by atoms with Gasteiger partial charge in [-0.05, 0) is 44.9 Å². The monoisotopic (exact) mass is 484 g/mol. The molecule has 0 aliphatic carbocycles. The van der Waals surface area contributed by atoms with Crippen LogP contribution in [0, 0.1) is 0 Å². The maximum absolute atomic E-state index is 4.69. The van der Waals surface area contributed by atoms with E-state index in [1.165, 1.54) is 5.69 Å². The zero-order chi connectivity index (χ0) is 18.5. The van der Waals surface area contributed by atoms with Crippen molar-refractivity contribution in [3.05, 3.63) is 48.8 Å². The van der Waals surface area contributed by atoms with Crippen LogP contribution >= 0.6 is 24.0 Å². The summed E-state index contributed by atoms with van der Waals surface area (Å²) in [7, 11) is 0. The van der Waals surface area contributed by atoms with Gasteiger partial charge in [-0.2, -0.15) is 5.10 Å². The third kappa shape index (κ3) is 9.12. The van der Waals surface area contributed by atoms with Gasteiger partial charge in [0.1, 0.15) is 0 Å². The molecule has 0 aliphatic heterocycles. The van der Waals surface area contributed by atoms with E-state index in [1.54, 1.807) is 0 Å². The van der Waals surface area contributed by atoms with Crippen molar-refractivity contribution in [2.45, 2.75) is 33.2 Å². The summed E-state index contributed by atoms with van der Waals surface area (Å²) in [6.45, 7) is 9.81. The van der Waals surface area contributed by atoms with Crippen LogP contribution in [0.25, 0.3) is 0 Å². The number of aryl methyl sites for hydroxylation is 1. The van der Waals surface area contributed by atoms with Crippen LogP contribution < -0.4 is 15.5 Å². The van der Waals surface area contributed by atoms with E-state index < -0.39 is 0 Å². The van der Waals surface area contributed by atoms with Crippen molar-refractivity contribution < 1.29 is 0 Å². The molecule has 0 amide bonds. The molecule has 0 aliphatic rings. The molecule has 0 saturated heterocycles. The van der Waals surface area contributed by atoms with E-state index >= 15 is 0 Å². The van der Waals surface area contributed by atoms with Gasteiger partial charge in [0.05, 0.1) is 0 Å². The predicted molar refractivity (Wildman–Crippen MR) is 125 cm³/mol. The lowest BCUT2D eigenvalue weighted by Crippen LogP contribution is -2.38. The Morgan fingerprint density at radius 3 is 2.59 bits per heavy atom. The first-order valence-corrected chi connectivity index (χ1v) is 9.63.